The summed E-state index contributed by atoms with van der Waals surface area (Å²) in [4.78, 5) is 31.4. The van der Waals surface area contributed by atoms with E-state index in [1.807, 2.05) is 12.1 Å². The number of oxazole rings is 1. The van der Waals surface area contributed by atoms with Crippen LogP contribution in [0.4, 0.5) is 6.01 Å². The highest BCUT2D eigenvalue weighted by atomic mass is 16.4. The molecule has 0 bridgehead atoms. The van der Waals surface area contributed by atoms with E-state index in [2.05, 4.69) is 20.6 Å². The van der Waals surface area contributed by atoms with E-state index in [1.165, 1.54) is 6.26 Å². The van der Waals surface area contributed by atoms with Crippen molar-refractivity contribution >= 4 is 17.8 Å². The van der Waals surface area contributed by atoms with Crippen LogP contribution >= 0.6 is 0 Å². The summed E-state index contributed by atoms with van der Waals surface area (Å²) in [6.45, 7) is 0.486. The number of anilines is 1. The average molecular weight is 300 g/mol. The first-order valence-electron chi connectivity index (χ1n) is 7.16. The second-order valence-corrected chi connectivity index (χ2v) is 5.16. The van der Waals surface area contributed by atoms with Gasteiger partial charge in [-0.2, -0.15) is 4.98 Å². The Hall–Kier alpha value is -2.70. The van der Waals surface area contributed by atoms with Gasteiger partial charge in [0.05, 0.1) is 0 Å². The van der Waals surface area contributed by atoms with Crippen LogP contribution in [-0.4, -0.2) is 28.3 Å². The van der Waals surface area contributed by atoms with Crippen LogP contribution in [0.5, 0.6) is 0 Å². The fraction of sp³-hybridized carbons (Fsp3) is 0.333. The molecule has 0 spiro atoms. The molecule has 1 fully saturated rings. The van der Waals surface area contributed by atoms with E-state index in [9.17, 15) is 9.59 Å². The summed E-state index contributed by atoms with van der Waals surface area (Å²) in [6, 6.07) is 3.86. The lowest BCUT2D eigenvalue weighted by molar-refractivity contribution is -0.117. The van der Waals surface area contributed by atoms with Crippen LogP contribution in [0.3, 0.4) is 0 Å². The first-order valence-corrected chi connectivity index (χ1v) is 7.16. The van der Waals surface area contributed by atoms with E-state index in [-0.39, 0.29) is 29.4 Å². The van der Waals surface area contributed by atoms with Crippen LogP contribution in [0.1, 0.15) is 28.9 Å². The molecule has 3 rings (SSSR count). The normalized spacial score (nSPS) is 13.6. The highest BCUT2D eigenvalue weighted by Crippen LogP contribution is 2.29. The molecule has 1 aliphatic carbocycles. The molecule has 2 amide bonds. The summed E-state index contributed by atoms with van der Waals surface area (Å²) >= 11 is 0. The largest absolute Gasteiger partial charge is 0.431 e. The second kappa shape index (κ2) is 6.38. The van der Waals surface area contributed by atoms with E-state index in [4.69, 9.17) is 4.42 Å². The Bertz CT molecular complexity index is 664. The van der Waals surface area contributed by atoms with Crippen molar-refractivity contribution in [1.29, 1.82) is 0 Å². The fourth-order valence-electron chi connectivity index (χ4n) is 1.95. The quantitative estimate of drug-likeness (QED) is 0.840. The van der Waals surface area contributed by atoms with Gasteiger partial charge in [0, 0.05) is 24.9 Å². The highest BCUT2D eigenvalue weighted by Gasteiger charge is 2.30. The average Bonchev–Trinajstić information content (AvgIpc) is 3.28. The first-order chi connectivity index (χ1) is 10.7. The zero-order chi connectivity index (χ0) is 15.4. The van der Waals surface area contributed by atoms with Crippen LogP contribution in [-0.2, 0) is 11.2 Å². The minimum absolute atomic E-state index is 0.0598. The predicted molar refractivity (Wildman–Crippen MR) is 78.1 cm³/mol. The molecule has 1 saturated carbocycles. The molecular weight excluding hydrogens is 284 g/mol. The van der Waals surface area contributed by atoms with Crippen molar-refractivity contribution in [1.82, 2.24) is 15.3 Å². The van der Waals surface area contributed by atoms with E-state index < -0.39 is 0 Å². The summed E-state index contributed by atoms with van der Waals surface area (Å²) in [5, 5.41) is 5.31. The molecule has 2 aromatic rings. The smallest absolute Gasteiger partial charge is 0.302 e. The van der Waals surface area contributed by atoms with Gasteiger partial charge in [0.2, 0.25) is 5.91 Å². The topological polar surface area (TPSA) is 97.1 Å². The summed E-state index contributed by atoms with van der Waals surface area (Å²) < 4.78 is 5.09. The molecule has 2 N–H and O–H groups in total. The molecule has 0 radical (unpaired) electrons. The van der Waals surface area contributed by atoms with Crippen LogP contribution in [0.25, 0.3) is 0 Å². The van der Waals surface area contributed by atoms with Crippen LogP contribution < -0.4 is 10.6 Å². The molecule has 0 aliphatic heterocycles. The van der Waals surface area contributed by atoms with E-state index in [0.717, 1.165) is 18.4 Å². The Morgan fingerprint density at radius 1 is 1.27 bits per heavy atom. The molecule has 7 heteroatoms. The van der Waals surface area contributed by atoms with Crippen LogP contribution in [0, 0.1) is 5.92 Å². The molecular formula is C15H16N4O3. The number of nitrogens with zero attached hydrogens (tertiary/aromatic N) is 2. The molecule has 7 nitrogen and oxygen atoms in total. The van der Waals surface area contributed by atoms with E-state index >= 15 is 0 Å². The van der Waals surface area contributed by atoms with Gasteiger partial charge in [0.25, 0.3) is 5.91 Å². The Labute approximate surface area is 127 Å². The number of carbonyl (C=O) groups is 2. The molecule has 0 unspecified atom stereocenters. The summed E-state index contributed by atoms with van der Waals surface area (Å²) in [5.41, 5.74) is 1.24. The van der Waals surface area contributed by atoms with Crippen molar-refractivity contribution in [2.75, 3.05) is 11.9 Å². The number of hydrogen-bond donors (Lipinski definition) is 2. The Morgan fingerprint density at radius 2 is 2.05 bits per heavy atom. The number of nitrogens with one attached hydrogen (secondary N) is 2. The molecule has 2 aromatic heterocycles. The molecule has 2 heterocycles. The monoisotopic (exact) mass is 300 g/mol. The van der Waals surface area contributed by atoms with Gasteiger partial charge in [-0.05, 0) is 37.0 Å². The van der Waals surface area contributed by atoms with Gasteiger partial charge in [-0.3, -0.25) is 19.9 Å². The zero-order valence-corrected chi connectivity index (χ0v) is 11.9. The lowest BCUT2D eigenvalue weighted by Gasteiger charge is -2.02. The fourth-order valence-corrected chi connectivity index (χ4v) is 1.95. The number of aromatic nitrogens is 2. The van der Waals surface area contributed by atoms with Gasteiger partial charge in [-0.1, -0.05) is 0 Å². The van der Waals surface area contributed by atoms with Gasteiger partial charge >= 0.3 is 6.01 Å². The minimum atomic E-state index is -0.329. The van der Waals surface area contributed by atoms with Crippen LogP contribution in [0.15, 0.2) is 35.2 Å². The van der Waals surface area contributed by atoms with Crippen molar-refractivity contribution < 1.29 is 14.0 Å². The standard InChI is InChI=1S/C15H16N4O3/c20-13(11-1-2-11)19-15-18-12(9-22-15)14(21)17-8-5-10-3-6-16-7-4-10/h3-4,6-7,9,11H,1-2,5,8H2,(H,17,21)(H,18,19,20). The van der Waals surface area contributed by atoms with E-state index in [0.29, 0.717) is 13.0 Å². The van der Waals surface area contributed by atoms with Gasteiger partial charge in [-0.25, -0.2) is 0 Å². The highest BCUT2D eigenvalue weighted by molar-refractivity contribution is 5.94. The molecule has 22 heavy (non-hydrogen) atoms. The summed E-state index contributed by atoms with van der Waals surface area (Å²) in [6.07, 6.45) is 7.17. The number of hydrogen-bond acceptors (Lipinski definition) is 5. The maximum atomic E-state index is 11.9. The molecule has 0 atom stereocenters. The molecule has 114 valence electrons. The minimum Gasteiger partial charge on any atom is -0.431 e. The number of pyridine rings is 1. The van der Waals surface area contributed by atoms with Gasteiger partial charge in [0.1, 0.15) is 6.26 Å². The lowest BCUT2D eigenvalue weighted by Crippen LogP contribution is -2.26. The second-order valence-electron chi connectivity index (χ2n) is 5.16. The number of carbonyl (C=O) groups excluding carboxylic acids is 2. The third-order valence-electron chi connectivity index (χ3n) is 3.36. The van der Waals surface area contributed by atoms with Crippen molar-refractivity contribution in [3.63, 3.8) is 0 Å². The lowest BCUT2D eigenvalue weighted by atomic mass is 10.2. The van der Waals surface area contributed by atoms with Crippen molar-refractivity contribution in [2.24, 2.45) is 5.92 Å². The molecule has 0 aromatic carbocycles. The van der Waals surface area contributed by atoms with Gasteiger partial charge in [0.15, 0.2) is 5.69 Å². The Balaban J connectivity index is 1.47. The maximum absolute atomic E-state index is 11.9. The first kappa shape index (κ1) is 14.2. The maximum Gasteiger partial charge on any atom is 0.302 e. The van der Waals surface area contributed by atoms with Gasteiger partial charge < -0.3 is 9.73 Å². The Morgan fingerprint density at radius 3 is 2.77 bits per heavy atom. The predicted octanol–water partition coefficient (Wildman–Crippen LogP) is 1.39. The molecule has 1 aliphatic rings. The third-order valence-corrected chi connectivity index (χ3v) is 3.36. The van der Waals surface area contributed by atoms with E-state index in [1.54, 1.807) is 12.4 Å². The summed E-state index contributed by atoms with van der Waals surface area (Å²) in [7, 11) is 0. The Kier molecular flexibility index (Phi) is 4.13. The zero-order valence-electron chi connectivity index (χ0n) is 11.9. The van der Waals surface area contributed by atoms with Crippen LogP contribution in [0.2, 0.25) is 0 Å². The van der Waals surface area contributed by atoms with Crippen molar-refractivity contribution in [2.45, 2.75) is 19.3 Å². The molecule has 0 saturated heterocycles. The summed E-state index contributed by atoms with van der Waals surface area (Å²) in [5.74, 6) is -0.374. The number of rotatable bonds is 6. The van der Waals surface area contributed by atoms with Crippen molar-refractivity contribution in [3.05, 3.63) is 42.0 Å². The third kappa shape index (κ3) is 3.69. The van der Waals surface area contributed by atoms with Crippen molar-refractivity contribution in [3.8, 4) is 0 Å². The SMILES string of the molecule is O=C(NCCc1ccncc1)c1coc(NC(=O)C2CC2)n1. The van der Waals surface area contributed by atoms with Gasteiger partial charge in [-0.15, -0.1) is 0 Å². The number of amides is 2.